The molecule has 0 atom stereocenters. The van der Waals surface area contributed by atoms with E-state index >= 15 is 0 Å². The van der Waals surface area contributed by atoms with Crippen LogP contribution in [0, 0.1) is 0 Å². The molecule has 4 nitrogen and oxygen atoms in total. The highest BCUT2D eigenvalue weighted by Crippen LogP contribution is 2.06. The van der Waals surface area contributed by atoms with Crippen LogP contribution in [0.5, 0.6) is 0 Å². The van der Waals surface area contributed by atoms with Gasteiger partial charge >= 0.3 is 0 Å². The van der Waals surface area contributed by atoms with Crippen LogP contribution >= 0.6 is 0 Å². The molecule has 20 heavy (non-hydrogen) atoms. The zero-order valence-electron chi connectivity index (χ0n) is 13.8. The normalized spacial score (nSPS) is 13.8. The topological polar surface area (TPSA) is 43.2 Å². The summed E-state index contributed by atoms with van der Waals surface area (Å²) in [6.07, 6.45) is 7.20. The molecule has 0 amide bonds. The average Bonchev–Trinajstić information content (AvgIpc) is 2.47. The SMILES string of the molecule is CC/C(C)=N/O[SiH2]CCCCCC[SiH2]O/N=C(\C)CC. The van der Waals surface area contributed by atoms with Crippen molar-refractivity contribution in [3.05, 3.63) is 0 Å². The van der Waals surface area contributed by atoms with Crippen LogP contribution in [0.1, 0.15) is 66.2 Å². The van der Waals surface area contributed by atoms with E-state index in [9.17, 15) is 0 Å². The van der Waals surface area contributed by atoms with Crippen LogP contribution in [0.3, 0.4) is 0 Å². The molecule has 0 heterocycles. The summed E-state index contributed by atoms with van der Waals surface area (Å²) in [7, 11) is -0.843. The summed E-state index contributed by atoms with van der Waals surface area (Å²) in [6, 6.07) is 2.49. The Morgan fingerprint density at radius 1 is 0.750 bits per heavy atom. The van der Waals surface area contributed by atoms with Gasteiger partial charge in [-0.3, -0.25) is 0 Å². The minimum absolute atomic E-state index is 0.422. The molecule has 0 aromatic carbocycles. The Bertz CT molecular complexity index is 256. The van der Waals surface area contributed by atoms with Crippen LogP contribution in [0.15, 0.2) is 10.3 Å². The molecule has 0 N–H and O–H groups in total. The highest BCUT2D eigenvalue weighted by Gasteiger charge is 1.95. The van der Waals surface area contributed by atoms with E-state index in [0.717, 1.165) is 24.3 Å². The van der Waals surface area contributed by atoms with Crippen molar-refractivity contribution in [1.29, 1.82) is 0 Å². The zero-order chi connectivity index (χ0) is 15.1. The van der Waals surface area contributed by atoms with Crippen molar-refractivity contribution in [2.45, 2.75) is 78.3 Å². The lowest BCUT2D eigenvalue weighted by Crippen LogP contribution is -1.97. The van der Waals surface area contributed by atoms with E-state index in [-0.39, 0.29) is 0 Å². The van der Waals surface area contributed by atoms with E-state index in [1.807, 2.05) is 13.8 Å². The van der Waals surface area contributed by atoms with Gasteiger partial charge in [-0.1, -0.05) is 39.5 Å². The quantitative estimate of drug-likeness (QED) is 0.227. The maximum Gasteiger partial charge on any atom is 0.257 e. The zero-order valence-corrected chi connectivity index (χ0v) is 16.6. The van der Waals surface area contributed by atoms with Crippen molar-refractivity contribution in [2.75, 3.05) is 0 Å². The second-order valence-electron chi connectivity index (χ2n) is 5.15. The second-order valence-corrected chi connectivity index (χ2v) is 7.90. The van der Waals surface area contributed by atoms with Crippen LogP contribution < -0.4 is 0 Å². The third-order valence-corrected chi connectivity index (χ3v) is 5.39. The molecule has 0 saturated carbocycles. The minimum atomic E-state index is -0.422. The number of oxime groups is 2. The maximum absolute atomic E-state index is 5.38. The highest BCUT2D eigenvalue weighted by atomic mass is 28.2. The summed E-state index contributed by atoms with van der Waals surface area (Å²) in [5.41, 5.74) is 2.20. The van der Waals surface area contributed by atoms with Gasteiger partial charge in [0.2, 0.25) is 0 Å². The lowest BCUT2D eigenvalue weighted by molar-refractivity contribution is 0.357. The molecule has 0 aromatic rings. The minimum Gasteiger partial charge on any atom is -0.463 e. The molecule has 0 radical (unpaired) electrons. The molecule has 6 heteroatoms. The van der Waals surface area contributed by atoms with Gasteiger partial charge in [-0.05, 0) is 38.8 Å². The van der Waals surface area contributed by atoms with Crippen molar-refractivity contribution in [3.8, 4) is 0 Å². The summed E-state index contributed by atoms with van der Waals surface area (Å²) >= 11 is 0. The Kier molecular flexibility index (Phi) is 14.3. The van der Waals surface area contributed by atoms with Crippen molar-refractivity contribution in [1.82, 2.24) is 0 Å². The number of hydrogen-bond acceptors (Lipinski definition) is 4. The van der Waals surface area contributed by atoms with Crippen molar-refractivity contribution in [2.24, 2.45) is 10.3 Å². The predicted octanol–water partition coefficient (Wildman–Crippen LogP) is 3.16. The summed E-state index contributed by atoms with van der Waals surface area (Å²) < 4.78 is 10.8. The monoisotopic (exact) mass is 316 g/mol. The number of nitrogens with zero attached hydrogens (tertiary/aromatic N) is 2. The highest BCUT2D eigenvalue weighted by molar-refractivity contribution is 6.27. The Hall–Kier alpha value is -0.626. The van der Waals surface area contributed by atoms with Crippen molar-refractivity contribution < 1.29 is 9.05 Å². The second kappa shape index (κ2) is 14.8. The number of rotatable bonds is 13. The number of unbranched alkanes of at least 4 members (excludes halogenated alkanes) is 3. The summed E-state index contributed by atoms with van der Waals surface area (Å²) in [5.74, 6) is 0. The van der Waals surface area contributed by atoms with E-state index < -0.39 is 19.5 Å². The van der Waals surface area contributed by atoms with Gasteiger partial charge in [-0.25, -0.2) is 0 Å². The molecule has 0 aliphatic heterocycles. The largest absolute Gasteiger partial charge is 0.463 e. The maximum atomic E-state index is 5.38. The molecule has 0 rings (SSSR count). The van der Waals surface area contributed by atoms with E-state index in [0.29, 0.717) is 0 Å². The van der Waals surface area contributed by atoms with E-state index in [4.69, 9.17) is 9.05 Å². The first-order valence-electron chi connectivity index (χ1n) is 8.01. The first-order chi connectivity index (χ1) is 9.70. The molecule has 0 bridgehead atoms. The third-order valence-electron chi connectivity index (χ3n) is 3.19. The van der Waals surface area contributed by atoms with Gasteiger partial charge in [-0.2, -0.15) is 0 Å². The predicted molar refractivity (Wildman–Crippen MR) is 94.1 cm³/mol. The molecule has 0 spiro atoms. The van der Waals surface area contributed by atoms with Gasteiger partial charge in [0.25, 0.3) is 19.5 Å². The van der Waals surface area contributed by atoms with Crippen molar-refractivity contribution in [3.63, 3.8) is 0 Å². The molecular formula is C14H32N2O2Si2. The Balaban J connectivity index is 3.18. The van der Waals surface area contributed by atoms with Crippen LogP contribution in [0.4, 0.5) is 0 Å². The smallest absolute Gasteiger partial charge is 0.257 e. The van der Waals surface area contributed by atoms with E-state index in [1.54, 1.807) is 0 Å². The van der Waals surface area contributed by atoms with E-state index in [2.05, 4.69) is 24.2 Å². The van der Waals surface area contributed by atoms with Crippen LogP contribution in [-0.2, 0) is 9.05 Å². The van der Waals surface area contributed by atoms with Gasteiger partial charge in [0.05, 0.1) is 11.4 Å². The Labute approximate surface area is 129 Å². The first kappa shape index (κ1) is 19.4. The van der Waals surface area contributed by atoms with Gasteiger partial charge in [0.15, 0.2) is 0 Å². The molecule has 0 fully saturated rings. The fraction of sp³-hybridized carbons (Fsp3) is 0.857. The third kappa shape index (κ3) is 13.8. The molecule has 0 aliphatic rings. The standard InChI is InChI=1S/C14H32N2O2Si2/c1-5-13(3)15-17-19-11-9-7-8-10-12-20-18-16-14(4)6-2/h5-12,19-20H2,1-4H3/b15-13+,16-14+. The fourth-order valence-corrected chi connectivity index (χ4v) is 3.48. The summed E-state index contributed by atoms with van der Waals surface area (Å²) in [5, 5.41) is 8.17. The molecule has 0 aromatic heterocycles. The Morgan fingerprint density at radius 3 is 1.50 bits per heavy atom. The summed E-state index contributed by atoms with van der Waals surface area (Å²) in [6.45, 7) is 8.25. The van der Waals surface area contributed by atoms with Gasteiger partial charge in [0.1, 0.15) is 0 Å². The van der Waals surface area contributed by atoms with Crippen molar-refractivity contribution >= 4 is 30.9 Å². The molecular weight excluding hydrogens is 284 g/mol. The molecule has 0 saturated heterocycles. The Morgan fingerprint density at radius 2 is 1.15 bits per heavy atom. The summed E-state index contributed by atoms with van der Waals surface area (Å²) in [4.78, 5) is 0. The molecule has 118 valence electrons. The lowest BCUT2D eigenvalue weighted by Gasteiger charge is -2.02. The van der Waals surface area contributed by atoms with Gasteiger partial charge < -0.3 is 9.05 Å². The first-order valence-corrected chi connectivity index (χ1v) is 11.2. The number of hydrogen-bond donors (Lipinski definition) is 0. The average molecular weight is 317 g/mol. The molecule has 0 unspecified atom stereocenters. The van der Waals surface area contributed by atoms with Gasteiger partial charge in [0, 0.05) is 0 Å². The molecule has 0 aliphatic carbocycles. The fourth-order valence-electron chi connectivity index (χ4n) is 1.48. The van der Waals surface area contributed by atoms with Crippen LogP contribution in [-0.4, -0.2) is 30.9 Å². The van der Waals surface area contributed by atoms with Crippen LogP contribution in [0.25, 0.3) is 0 Å². The van der Waals surface area contributed by atoms with Gasteiger partial charge in [-0.15, -0.1) is 10.3 Å². The van der Waals surface area contributed by atoms with E-state index in [1.165, 1.54) is 37.8 Å². The van der Waals surface area contributed by atoms with Crippen LogP contribution in [0.2, 0.25) is 12.1 Å². The lowest BCUT2D eigenvalue weighted by atomic mass is 10.2.